The van der Waals surface area contributed by atoms with Gasteiger partial charge in [-0.15, -0.1) is 0 Å². The Morgan fingerprint density at radius 1 is 1.33 bits per heavy atom. The Balaban J connectivity index is 2.64. The lowest BCUT2D eigenvalue weighted by molar-refractivity contribution is 0.138. The number of benzene rings is 1. The molecule has 0 aliphatic carbocycles. The van der Waals surface area contributed by atoms with Crippen molar-refractivity contribution in [1.82, 2.24) is 0 Å². The number of ether oxygens (including phenoxy) is 3. The molecule has 1 unspecified atom stereocenters. The topological polar surface area (TPSA) is 68.2 Å². The van der Waals surface area contributed by atoms with E-state index in [0.29, 0.717) is 17.1 Å². The molecule has 0 radical (unpaired) electrons. The fraction of sp³-hybridized carbons (Fsp3) is 0.400. The molecule has 1 aliphatic heterocycles. The van der Waals surface area contributed by atoms with Gasteiger partial charge in [0.05, 0.1) is 19.8 Å². The molecule has 2 rings (SSSR count). The Kier molecular flexibility index (Phi) is 2.32. The number of aromatic hydroxyl groups is 1. The van der Waals surface area contributed by atoms with Gasteiger partial charge < -0.3 is 24.4 Å². The van der Waals surface area contributed by atoms with Gasteiger partial charge in [0, 0.05) is 6.07 Å². The van der Waals surface area contributed by atoms with Crippen LogP contribution >= 0.6 is 0 Å². The normalized spacial score (nSPS) is 18.2. The van der Waals surface area contributed by atoms with E-state index in [1.165, 1.54) is 20.3 Å². The average Bonchev–Trinajstić information content (AvgIpc) is 2.62. The second kappa shape index (κ2) is 3.51. The first kappa shape index (κ1) is 9.92. The van der Waals surface area contributed by atoms with E-state index in [-0.39, 0.29) is 18.1 Å². The first-order valence-electron chi connectivity index (χ1n) is 4.47. The van der Waals surface area contributed by atoms with Gasteiger partial charge in [0.1, 0.15) is 12.7 Å². The summed E-state index contributed by atoms with van der Waals surface area (Å²) in [5.41, 5.74) is 0.325. The van der Waals surface area contributed by atoms with Crippen LogP contribution in [-0.2, 0) is 0 Å². The highest BCUT2D eigenvalue weighted by Crippen LogP contribution is 2.49. The third-order valence-electron chi connectivity index (χ3n) is 2.38. The molecule has 82 valence electrons. The Morgan fingerprint density at radius 2 is 2.00 bits per heavy atom. The standard InChI is InChI=1S/C10H12O5/c1-13-6-3-7(14-2)10-8(9(6)12)5(11)4-15-10/h3,5,11-12H,4H2,1-2H3. The summed E-state index contributed by atoms with van der Waals surface area (Å²) in [5, 5.41) is 19.4. The summed E-state index contributed by atoms with van der Waals surface area (Å²) in [6.07, 6.45) is -0.844. The lowest BCUT2D eigenvalue weighted by atomic mass is 10.1. The van der Waals surface area contributed by atoms with Crippen LogP contribution < -0.4 is 14.2 Å². The quantitative estimate of drug-likeness (QED) is 0.760. The van der Waals surface area contributed by atoms with Crippen molar-refractivity contribution in [2.24, 2.45) is 0 Å². The van der Waals surface area contributed by atoms with Crippen LogP contribution in [0.2, 0.25) is 0 Å². The summed E-state index contributed by atoms with van der Waals surface area (Å²) >= 11 is 0. The molecule has 1 heterocycles. The number of phenolic OH excluding ortho intramolecular Hbond substituents is 1. The zero-order valence-corrected chi connectivity index (χ0v) is 8.48. The molecule has 5 nitrogen and oxygen atoms in total. The smallest absolute Gasteiger partial charge is 0.171 e. The van der Waals surface area contributed by atoms with Crippen LogP contribution in [0.5, 0.6) is 23.0 Å². The minimum atomic E-state index is -0.844. The van der Waals surface area contributed by atoms with Crippen LogP contribution in [0, 0.1) is 0 Å². The molecular formula is C10H12O5. The highest BCUT2D eigenvalue weighted by atomic mass is 16.5. The van der Waals surface area contributed by atoms with Gasteiger partial charge in [-0.05, 0) is 0 Å². The van der Waals surface area contributed by atoms with Crippen LogP contribution in [0.3, 0.4) is 0 Å². The van der Waals surface area contributed by atoms with E-state index in [9.17, 15) is 10.2 Å². The summed E-state index contributed by atoms with van der Waals surface area (Å²) in [6.45, 7) is 0.117. The zero-order valence-electron chi connectivity index (χ0n) is 8.48. The molecule has 1 aromatic carbocycles. The van der Waals surface area contributed by atoms with Crippen molar-refractivity contribution in [1.29, 1.82) is 0 Å². The SMILES string of the molecule is COc1cc(OC)c2c(c1O)C(O)CO2. The fourth-order valence-corrected chi connectivity index (χ4v) is 1.64. The zero-order chi connectivity index (χ0) is 11.0. The molecule has 0 spiro atoms. The van der Waals surface area contributed by atoms with Crippen molar-refractivity contribution in [3.05, 3.63) is 11.6 Å². The predicted octanol–water partition coefficient (Wildman–Crippen LogP) is 0.835. The van der Waals surface area contributed by atoms with E-state index >= 15 is 0 Å². The van der Waals surface area contributed by atoms with Gasteiger partial charge in [-0.25, -0.2) is 0 Å². The Bertz CT molecular complexity index is 388. The molecule has 5 heteroatoms. The summed E-state index contributed by atoms with van der Waals surface area (Å²) < 4.78 is 15.3. The van der Waals surface area contributed by atoms with Crippen LogP contribution in [0.15, 0.2) is 6.07 Å². The maximum absolute atomic E-state index is 9.78. The number of rotatable bonds is 2. The highest BCUT2D eigenvalue weighted by Gasteiger charge is 2.31. The number of aliphatic hydroxyl groups excluding tert-OH is 1. The van der Waals surface area contributed by atoms with E-state index in [0.717, 1.165) is 0 Å². The molecule has 0 saturated heterocycles. The number of fused-ring (bicyclic) bond motifs is 1. The van der Waals surface area contributed by atoms with Gasteiger partial charge in [0.2, 0.25) is 0 Å². The summed E-state index contributed by atoms with van der Waals surface area (Å²) in [7, 11) is 2.92. The van der Waals surface area contributed by atoms with Crippen LogP contribution in [0.25, 0.3) is 0 Å². The molecule has 0 fully saturated rings. The lowest BCUT2D eigenvalue weighted by Gasteiger charge is -2.12. The van der Waals surface area contributed by atoms with E-state index in [4.69, 9.17) is 14.2 Å². The molecule has 15 heavy (non-hydrogen) atoms. The number of aliphatic hydroxyl groups is 1. The van der Waals surface area contributed by atoms with Crippen LogP contribution in [-0.4, -0.2) is 31.0 Å². The van der Waals surface area contributed by atoms with Gasteiger partial charge >= 0.3 is 0 Å². The number of methoxy groups -OCH3 is 2. The molecule has 2 N–H and O–H groups in total. The van der Waals surface area contributed by atoms with Crippen LogP contribution in [0.1, 0.15) is 11.7 Å². The van der Waals surface area contributed by atoms with E-state index in [2.05, 4.69) is 0 Å². The fourth-order valence-electron chi connectivity index (χ4n) is 1.64. The van der Waals surface area contributed by atoms with Gasteiger partial charge in [-0.2, -0.15) is 0 Å². The van der Waals surface area contributed by atoms with E-state index in [1.807, 2.05) is 0 Å². The molecular weight excluding hydrogens is 200 g/mol. The van der Waals surface area contributed by atoms with Gasteiger partial charge in [0.15, 0.2) is 23.0 Å². The average molecular weight is 212 g/mol. The summed E-state index contributed by atoms with van der Waals surface area (Å²) in [5.74, 6) is 0.980. The second-order valence-electron chi connectivity index (χ2n) is 3.20. The van der Waals surface area contributed by atoms with Gasteiger partial charge in [-0.3, -0.25) is 0 Å². The van der Waals surface area contributed by atoms with E-state index < -0.39 is 6.10 Å². The van der Waals surface area contributed by atoms with Crippen LogP contribution in [0.4, 0.5) is 0 Å². The third-order valence-corrected chi connectivity index (χ3v) is 2.38. The van der Waals surface area contributed by atoms with E-state index in [1.54, 1.807) is 0 Å². The van der Waals surface area contributed by atoms with Crippen molar-refractivity contribution in [2.75, 3.05) is 20.8 Å². The summed E-state index contributed by atoms with van der Waals surface area (Å²) in [4.78, 5) is 0. The molecule has 1 atom stereocenters. The molecule has 1 aliphatic rings. The minimum Gasteiger partial charge on any atom is -0.504 e. The molecule has 0 amide bonds. The predicted molar refractivity (Wildman–Crippen MR) is 51.7 cm³/mol. The van der Waals surface area contributed by atoms with Crippen molar-refractivity contribution >= 4 is 0 Å². The first-order chi connectivity index (χ1) is 7.19. The number of hydrogen-bond donors (Lipinski definition) is 2. The van der Waals surface area contributed by atoms with Crippen molar-refractivity contribution in [2.45, 2.75) is 6.10 Å². The van der Waals surface area contributed by atoms with Gasteiger partial charge in [-0.1, -0.05) is 0 Å². The number of hydrogen-bond acceptors (Lipinski definition) is 5. The molecule has 1 aromatic rings. The minimum absolute atomic E-state index is 0.0988. The maximum atomic E-state index is 9.78. The first-order valence-corrected chi connectivity index (χ1v) is 4.47. The molecule has 0 bridgehead atoms. The second-order valence-corrected chi connectivity index (χ2v) is 3.20. The largest absolute Gasteiger partial charge is 0.504 e. The van der Waals surface area contributed by atoms with Gasteiger partial charge in [0.25, 0.3) is 0 Å². The summed E-state index contributed by atoms with van der Waals surface area (Å²) in [6, 6.07) is 1.52. The Hall–Kier alpha value is -1.62. The Morgan fingerprint density at radius 3 is 2.60 bits per heavy atom. The molecule has 0 saturated carbocycles. The lowest BCUT2D eigenvalue weighted by Crippen LogP contribution is -1.98. The monoisotopic (exact) mass is 212 g/mol. The maximum Gasteiger partial charge on any atom is 0.171 e. The number of phenols is 1. The third kappa shape index (κ3) is 1.35. The van der Waals surface area contributed by atoms with Crippen molar-refractivity contribution in [3.63, 3.8) is 0 Å². The van der Waals surface area contributed by atoms with Crippen molar-refractivity contribution in [3.8, 4) is 23.0 Å². The Labute approximate surface area is 86.8 Å². The highest BCUT2D eigenvalue weighted by molar-refractivity contribution is 5.62. The van der Waals surface area contributed by atoms with Crippen molar-refractivity contribution < 1.29 is 24.4 Å². The molecule has 0 aromatic heterocycles.